The van der Waals surface area contributed by atoms with E-state index in [2.05, 4.69) is 20.9 Å². The molecule has 0 aliphatic rings. The van der Waals surface area contributed by atoms with Crippen molar-refractivity contribution in [2.24, 2.45) is 16.2 Å². The van der Waals surface area contributed by atoms with Crippen molar-refractivity contribution in [3.63, 3.8) is 0 Å². The molecule has 0 spiro atoms. The van der Waals surface area contributed by atoms with E-state index in [9.17, 15) is 9.59 Å². The van der Waals surface area contributed by atoms with Crippen LogP contribution in [-0.2, 0) is 9.59 Å². The zero-order chi connectivity index (χ0) is 26.2. The number of rotatable bonds is 20. The minimum atomic E-state index is -0.389. The third-order valence-corrected chi connectivity index (χ3v) is 6.86. The van der Waals surface area contributed by atoms with Crippen LogP contribution in [0.4, 0.5) is 0 Å². The quantitative estimate of drug-likeness (QED) is 0.109. The number of oxime groups is 2. The topological polar surface area (TPSA) is 123 Å². The van der Waals surface area contributed by atoms with Crippen LogP contribution in [0.2, 0.25) is 0 Å². The Balaban J connectivity index is 4.69. The summed E-state index contributed by atoms with van der Waals surface area (Å²) in [6, 6.07) is 0. The molecule has 0 saturated heterocycles. The van der Waals surface area contributed by atoms with Gasteiger partial charge in [0.25, 0.3) is 0 Å². The van der Waals surface area contributed by atoms with Crippen LogP contribution in [0.15, 0.2) is 10.3 Å². The maximum absolute atomic E-state index is 12.3. The summed E-state index contributed by atoms with van der Waals surface area (Å²) >= 11 is 0. The molecule has 0 saturated carbocycles. The number of nitrogens with zero attached hydrogens (tertiary/aromatic N) is 2. The van der Waals surface area contributed by atoms with Gasteiger partial charge in [0.2, 0.25) is 0 Å². The van der Waals surface area contributed by atoms with Crippen LogP contribution in [0.3, 0.4) is 0 Å². The van der Waals surface area contributed by atoms with Crippen LogP contribution in [-0.4, -0.2) is 57.6 Å². The highest BCUT2D eigenvalue weighted by atomic mass is 16.4. The van der Waals surface area contributed by atoms with E-state index in [-0.39, 0.29) is 22.6 Å². The molecule has 0 heterocycles. The molecule has 0 rings (SSSR count). The number of Topliss-reactive ketones (excluding diaryl/α,β-unsaturated/α-hetero) is 2. The van der Waals surface area contributed by atoms with Crippen molar-refractivity contribution >= 4 is 23.0 Å². The van der Waals surface area contributed by atoms with Crippen molar-refractivity contribution in [3.8, 4) is 0 Å². The molecular formula is C26H50N4O4. The van der Waals surface area contributed by atoms with Crippen molar-refractivity contribution in [1.82, 2.24) is 10.6 Å². The largest absolute Gasteiger partial charge is 0.411 e. The van der Waals surface area contributed by atoms with E-state index in [1.165, 1.54) is 0 Å². The summed E-state index contributed by atoms with van der Waals surface area (Å²) in [5, 5.41) is 31.7. The van der Waals surface area contributed by atoms with Gasteiger partial charge in [-0.05, 0) is 99.1 Å². The lowest BCUT2D eigenvalue weighted by molar-refractivity contribution is -0.120. The Bertz CT molecular complexity index is 636. The van der Waals surface area contributed by atoms with Crippen LogP contribution in [0.25, 0.3) is 0 Å². The van der Waals surface area contributed by atoms with Gasteiger partial charge >= 0.3 is 0 Å². The molecule has 0 aromatic carbocycles. The summed E-state index contributed by atoms with van der Waals surface area (Å²) in [6.45, 7) is 15.1. The van der Waals surface area contributed by atoms with Gasteiger partial charge in [-0.2, -0.15) is 0 Å². The molecule has 0 bridgehead atoms. The van der Waals surface area contributed by atoms with E-state index < -0.39 is 0 Å². The van der Waals surface area contributed by atoms with Gasteiger partial charge in [-0.15, -0.1) is 0 Å². The highest BCUT2D eigenvalue weighted by Gasteiger charge is 2.23. The maximum atomic E-state index is 12.3. The molecule has 0 aliphatic carbocycles. The van der Waals surface area contributed by atoms with E-state index in [4.69, 9.17) is 10.4 Å². The van der Waals surface area contributed by atoms with Gasteiger partial charge < -0.3 is 21.0 Å². The summed E-state index contributed by atoms with van der Waals surface area (Å²) in [5.41, 5.74) is 0.488. The van der Waals surface area contributed by atoms with Gasteiger partial charge in [-0.1, -0.05) is 17.2 Å². The van der Waals surface area contributed by atoms with E-state index in [1.54, 1.807) is 13.8 Å². The molecule has 34 heavy (non-hydrogen) atoms. The van der Waals surface area contributed by atoms with Crippen molar-refractivity contribution in [3.05, 3.63) is 0 Å². The molecule has 0 aromatic rings. The summed E-state index contributed by atoms with van der Waals surface area (Å²) in [6.07, 6.45) is 7.37. The van der Waals surface area contributed by atoms with Gasteiger partial charge in [0.05, 0.1) is 22.5 Å². The lowest BCUT2D eigenvalue weighted by atomic mass is 9.91. The fourth-order valence-corrected chi connectivity index (χ4v) is 3.72. The highest BCUT2D eigenvalue weighted by Crippen LogP contribution is 2.19. The predicted molar refractivity (Wildman–Crippen MR) is 139 cm³/mol. The Labute approximate surface area is 207 Å². The fourth-order valence-electron chi connectivity index (χ4n) is 3.72. The van der Waals surface area contributed by atoms with Gasteiger partial charge in [-0.3, -0.25) is 9.59 Å². The average Bonchev–Trinajstić information content (AvgIpc) is 2.77. The Hall–Kier alpha value is -1.80. The fraction of sp³-hybridized carbons (Fsp3) is 0.846. The zero-order valence-electron chi connectivity index (χ0n) is 22.7. The maximum Gasteiger partial charge on any atom is 0.132 e. The van der Waals surface area contributed by atoms with Crippen LogP contribution in [0.5, 0.6) is 0 Å². The molecule has 0 amide bonds. The van der Waals surface area contributed by atoms with Crippen molar-refractivity contribution in [1.29, 1.82) is 0 Å². The second-order valence-corrected chi connectivity index (χ2v) is 10.5. The number of nitrogens with one attached hydrogen (secondary N) is 2. The monoisotopic (exact) mass is 482 g/mol. The number of ketones is 2. The first-order chi connectivity index (χ1) is 15.9. The van der Waals surface area contributed by atoms with Crippen LogP contribution in [0, 0.1) is 5.92 Å². The number of hydrogen-bond acceptors (Lipinski definition) is 8. The second kappa shape index (κ2) is 16.8. The molecule has 0 radical (unpaired) electrons. The molecule has 198 valence electrons. The Kier molecular flexibility index (Phi) is 15.9. The Morgan fingerprint density at radius 3 is 1.56 bits per heavy atom. The Morgan fingerprint density at radius 2 is 1.15 bits per heavy atom. The van der Waals surface area contributed by atoms with Crippen molar-refractivity contribution in [2.75, 3.05) is 13.1 Å². The summed E-state index contributed by atoms with van der Waals surface area (Å²) < 4.78 is 0. The average molecular weight is 483 g/mol. The molecule has 0 aliphatic heterocycles. The van der Waals surface area contributed by atoms with Gasteiger partial charge in [0.1, 0.15) is 11.6 Å². The smallest absolute Gasteiger partial charge is 0.132 e. The third kappa shape index (κ3) is 13.8. The molecular weight excluding hydrogens is 432 g/mol. The molecule has 0 fully saturated rings. The van der Waals surface area contributed by atoms with E-state index in [1.807, 2.05) is 34.6 Å². The molecule has 4 N–H and O–H groups in total. The SMILES string of the molecule is CCCC(=O)CCCC(=O)CCCC(CCNC(C)(C)/C(C)=N\O)CCNC(C)(C)/C(C)=N\O. The first-order valence-corrected chi connectivity index (χ1v) is 12.8. The number of carbonyl (C=O) groups is 2. The van der Waals surface area contributed by atoms with Crippen molar-refractivity contribution < 1.29 is 20.0 Å². The summed E-state index contributed by atoms with van der Waals surface area (Å²) in [5.74, 6) is 0.915. The second-order valence-electron chi connectivity index (χ2n) is 10.5. The molecule has 0 atom stereocenters. The van der Waals surface area contributed by atoms with E-state index in [0.29, 0.717) is 49.4 Å². The Morgan fingerprint density at radius 1 is 0.735 bits per heavy atom. The van der Waals surface area contributed by atoms with Gasteiger partial charge in [0.15, 0.2) is 0 Å². The molecule has 8 nitrogen and oxygen atoms in total. The standard InChI is InChI=1S/C26H50N4O4/c1-8-11-23(31)14-10-15-24(32)13-9-12-22(16-18-27-25(4,5)20(2)29-33)17-19-28-26(6,7)21(3)30-34/h22,27-28,33-34H,8-19H2,1-7H3/b29-20-,30-21-. The normalized spacial score (nSPS) is 13.5. The third-order valence-electron chi connectivity index (χ3n) is 6.86. The number of carbonyl (C=O) groups excluding carboxylic acids is 2. The lowest BCUT2D eigenvalue weighted by Crippen LogP contribution is -2.47. The van der Waals surface area contributed by atoms with Crippen molar-refractivity contribution in [2.45, 2.75) is 124 Å². The summed E-state index contributed by atoms with van der Waals surface area (Å²) in [7, 11) is 0. The first kappa shape index (κ1) is 32.2. The van der Waals surface area contributed by atoms with Gasteiger partial charge in [-0.25, -0.2) is 0 Å². The van der Waals surface area contributed by atoms with Crippen LogP contribution in [0.1, 0.15) is 113 Å². The van der Waals surface area contributed by atoms with E-state index in [0.717, 1.165) is 45.2 Å². The molecule has 8 heteroatoms. The predicted octanol–water partition coefficient (Wildman–Crippen LogP) is 5.10. The number of hydrogen-bond donors (Lipinski definition) is 4. The minimum Gasteiger partial charge on any atom is -0.411 e. The van der Waals surface area contributed by atoms with E-state index >= 15 is 0 Å². The zero-order valence-corrected chi connectivity index (χ0v) is 22.7. The van der Waals surface area contributed by atoms with Gasteiger partial charge in [0, 0.05) is 25.7 Å². The lowest BCUT2D eigenvalue weighted by Gasteiger charge is -2.28. The first-order valence-electron chi connectivity index (χ1n) is 12.8. The van der Waals surface area contributed by atoms with Crippen LogP contribution >= 0.6 is 0 Å². The highest BCUT2D eigenvalue weighted by molar-refractivity contribution is 5.90. The minimum absolute atomic E-state index is 0.242. The van der Waals surface area contributed by atoms with Crippen LogP contribution < -0.4 is 10.6 Å². The molecule has 0 aromatic heterocycles. The molecule has 0 unspecified atom stereocenters. The summed E-state index contributed by atoms with van der Waals surface area (Å²) in [4.78, 5) is 23.9.